The molecule has 0 radical (unpaired) electrons. The van der Waals surface area contributed by atoms with E-state index in [-0.39, 0.29) is 31.0 Å². The van der Waals surface area contributed by atoms with Crippen molar-refractivity contribution in [1.29, 1.82) is 0 Å². The number of rotatable bonds is 7. The Bertz CT molecular complexity index is 853. The number of aliphatic hydroxyl groups excluding tert-OH is 1. The lowest BCUT2D eigenvalue weighted by atomic mass is 10.1. The second kappa shape index (κ2) is 8.79. The van der Waals surface area contributed by atoms with E-state index >= 15 is 0 Å². The van der Waals surface area contributed by atoms with Gasteiger partial charge < -0.3 is 15.0 Å². The van der Waals surface area contributed by atoms with Crippen LogP contribution in [0.1, 0.15) is 16.8 Å². The number of aryl methyl sites for hydroxylation is 1. The van der Waals surface area contributed by atoms with Gasteiger partial charge in [-0.1, -0.05) is 42.5 Å². The molecule has 1 aromatic carbocycles. The fourth-order valence-electron chi connectivity index (χ4n) is 2.42. The summed E-state index contributed by atoms with van der Waals surface area (Å²) in [4.78, 5) is 41.6. The SMILES string of the molecule is Cc1[nH]c(=O)[nH]c(=O)c1CC(=O)N(CC=Cc1ccccc1)CCO. The molecule has 0 saturated heterocycles. The second-order valence-corrected chi connectivity index (χ2v) is 5.56. The molecule has 132 valence electrons. The van der Waals surface area contributed by atoms with Crippen molar-refractivity contribution >= 4 is 12.0 Å². The fraction of sp³-hybridized carbons (Fsp3) is 0.278. The first kappa shape index (κ1) is 18.4. The van der Waals surface area contributed by atoms with E-state index in [0.717, 1.165) is 5.56 Å². The molecule has 1 aromatic heterocycles. The molecule has 0 saturated carbocycles. The Kier molecular flexibility index (Phi) is 6.47. The molecule has 0 fully saturated rings. The number of nitrogens with one attached hydrogen (secondary N) is 2. The Balaban J connectivity index is 2.09. The van der Waals surface area contributed by atoms with Gasteiger partial charge in [-0.05, 0) is 12.5 Å². The Morgan fingerprint density at radius 1 is 1.20 bits per heavy atom. The predicted octanol–water partition coefficient (Wildman–Crippen LogP) is 0.448. The highest BCUT2D eigenvalue weighted by Gasteiger charge is 2.16. The average Bonchev–Trinajstić information content (AvgIpc) is 2.58. The number of aromatic amines is 2. The van der Waals surface area contributed by atoms with Gasteiger partial charge in [-0.25, -0.2) is 4.79 Å². The molecule has 1 amide bonds. The van der Waals surface area contributed by atoms with E-state index in [1.54, 1.807) is 6.92 Å². The van der Waals surface area contributed by atoms with E-state index in [9.17, 15) is 19.5 Å². The second-order valence-electron chi connectivity index (χ2n) is 5.56. The summed E-state index contributed by atoms with van der Waals surface area (Å²) in [5, 5.41) is 9.18. The van der Waals surface area contributed by atoms with Crippen LogP contribution in [0.2, 0.25) is 0 Å². The van der Waals surface area contributed by atoms with Crippen LogP contribution < -0.4 is 11.2 Å². The zero-order chi connectivity index (χ0) is 18.2. The standard InChI is InChI=1S/C18H21N3O4/c1-13-15(17(24)20-18(25)19-13)12-16(23)21(10-11-22)9-5-8-14-6-3-2-4-7-14/h2-8,22H,9-12H2,1H3,(H2,19,20,24,25). The van der Waals surface area contributed by atoms with Crippen molar-refractivity contribution in [3.63, 3.8) is 0 Å². The summed E-state index contributed by atoms with van der Waals surface area (Å²) in [6, 6.07) is 9.64. The lowest BCUT2D eigenvalue weighted by molar-refractivity contribution is -0.130. The van der Waals surface area contributed by atoms with E-state index in [2.05, 4.69) is 9.97 Å². The van der Waals surface area contributed by atoms with E-state index in [4.69, 9.17) is 0 Å². The number of carbonyl (C=O) groups excluding carboxylic acids is 1. The van der Waals surface area contributed by atoms with E-state index in [1.165, 1.54) is 4.90 Å². The minimum Gasteiger partial charge on any atom is -0.395 e. The van der Waals surface area contributed by atoms with Crippen molar-refractivity contribution in [3.8, 4) is 0 Å². The summed E-state index contributed by atoms with van der Waals surface area (Å²) in [6.07, 6.45) is 3.57. The van der Waals surface area contributed by atoms with Gasteiger partial charge in [-0.3, -0.25) is 14.6 Å². The lowest BCUT2D eigenvalue weighted by Crippen LogP contribution is -2.37. The fourth-order valence-corrected chi connectivity index (χ4v) is 2.42. The first-order chi connectivity index (χ1) is 12.0. The third-order valence-corrected chi connectivity index (χ3v) is 3.74. The highest BCUT2D eigenvalue weighted by atomic mass is 16.3. The van der Waals surface area contributed by atoms with Gasteiger partial charge in [0.05, 0.1) is 13.0 Å². The molecule has 2 rings (SSSR count). The molecular weight excluding hydrogens is 322 g/mol. The Hall–Kier alpha value is -2.93. The molecule has 2 aromatic rings. The smallest absolute Gasteiger partial charge is 0.325 e. The number of H-pyrrole nitrogens is 2. The van der Waals surface area contributed by atoms with Gasteiger partial charge in [0.15, 0.2) is 0 Å². The Morgan fingerprint density at radius 2 is 1.92 bits per heavy atom. The molecule has 0 aliphatic heterocycles. The van der Waals surface area contributed by atoms with Crippen molar-refractivity contribution in [2.45, 2.75) is 13.3 Å². The average molecular weight is 343 g/mol. The first-order valence-electron chi connectivity index (χ1n) is 7.93. The van der Waals surface area contributed by atoms with E-state index < -0.39 is 11.2 Å². The maximum absolute atomic E-state index is 12.5. The zero-order valence-corrected chi connectivity index (χ0v) is 14.0. The summed E-state index contributed by atoms with van der Waals surface area (Å²) < 4.78 is 0. The van der Waals surface area contributed by atoms with Gasteiger partial charge >= 0.3 is 5.69 Å². The first-order valence-corrected chi connectivity index (χ1v) is 7.93. The van der Waals surface area contributed by atoms with Crippen LogP contribution in [0, 0.1) is 6.92 Å². The molecular formula is C18H21N3O4. The zero-order valence-electron chi connectivity index (χ0n) is 14.0. The number of hydrogen-bond acceptors (Lipinski definition) is 4. The van der Waals surface area contributed by atoms with Crippen LogP contribution in [0.4, 0.5) is 0 Å². The topological polar surface area (TPSA) is 106 Å². The van der Waals surface area contributed by atoms with Crippen LogP contribution in [-0.2, 0) is 11.2 Å². The number of aromatic nitrogens is 2. The van der Waals surface area contributed by atoms with Crippen molar-refractivity contribution < 1.29 is 9.90 Å². The third-order valence-electron chi connectivity index (χ3n) is 3.74. The maximum atomic E-state index is 12.5. The van der Waals surface area contributed by atoms with Crippen molar-refractivity contribution in [2.24, 2.45) is 0 Å². The number of carbonyl (C=O) groups is 1. The van der Waals surface area contributed by atoms with Gasteiger partial charge in [-0.15, -0.1) is 0 Å². The maximum Gasteiger partial charge on any atom is 0.325 e. The normalized spacial score (nSPS) is 11.0. The van der Waals surface area contributed by atoms with Crippen LogP contribution in [0.15, 0.2) is 46.0 Å². The molecule has 0 spiro atoms. The summed E-state index contributed by atoms with van der Waals surface area (Å²) >= 11 is 0. The highest BCUT2D eigenvalue weighted by Crippen LogP contribution is 2.04. The summed E-state index contributed by atoms with van der Waals surface area (Å²) in [5.74, 6) is -0.299. The number of aliphatic hydroxyl groups is 1. The molecule has 0 aliphatic rings. The number of amides is 1. The number of benzene rings is 1. The minimum atomic E-state index is -0.600. The molecule has 0 unspecified atom stereocenters. The van der Waals surface area contributed by atoms with Crippen LogP contribution >= 0.6 is 0 Å². The summed E-state index contributed by atoms with van der Waals surface area (Å²) in [5.41, 5.74) is 0.423. The van der Waals surface area contributed by atoms with Gasteiger partial charge in [-0.2, -0.15) is 0 Å². The van der Waals surface area contributed by atoms with Gasteiger partial charge in [0, 0.05) is 24.3 Å². The monoisotopic (exact) mass is 343 g/mol. The lowest BCUT2D eigenvalue weighted by Gasteiger charge is -2.20. The van der Waals surface area contributed by atoms with Crippen LogP contribution in [0.3, 0.4) is 0 Å². The quantitative estimate of drug-likeness (QED) is 0.678. The molecule has 0 aliphatic carbocycles. The minimum absolute atomic E-state index is 0.142. The predicted molar refractivity (Wildman–Crippen MR) is 95.3 cm³/mol. The van der Waals surface area contributed by atoms with Crippen molar-refractivity contribution in [2.75, 3.05) is 19.7 Å². The molecule has 1 heterocycles. The molecule has 7 nitrogen and oxygen atoms in total. The molecule has 25 heavy (non-hydrogen) atoms. The largest absolute Gasteiger partial charge is 0.395 e. The van der Waals surface area contributed by atoms with Gasteiger partial charge in [0.1, 0.15) is 0 Å². The van der Waals surface area contributed by atoms with Gasteiger partial charge in [0.2, 0.25) is 5.91 Å². The van der Waals surface area contributed by atoms with Crippen molar-refractivity contribution in [1.82, 2.24) is 14.9 Å². The van der Waals surface area contributed by atoms with Crippen LogP contribution in [0.5, 0.6) is 0 Å². The molecule has 0 bridgehead atoms. The molecule has 3 N–H and O–H groups in total. The Labute approximate surface area is 144 Å². The van der Waals surface area contributed by atoms with E-state index in [0.29, 0.717) is 12.2 Å². The summed E-state index contributed by atoms with van der Waals surface area (Å²) in [6.45, 7) is 1.88. The highest BCUT2D eigenvalue weighted by molar-refractivity contribution is 5.79. The van der Waals surface area contributed by atoms with Crippen LogP contribution in [0.25, 0.3) is 6.08 Å². The third kappa shape index (κ3) is 5.29. The van der Waals surface area contributed by atoms with E-state index in [1.807, 2.05) is 42.5 Å². The molecule has 0 atom stereocenters. The summed E-state index contributed by atoms with van der Waals surface area (Å²) in [7, 11) is 0. The number of hydrogen-bond donors (Lipinski definition) is 3. The van der Waals surface area contributed by atoms with Crippen LogP contribution in [-0.4, -0.2) is 45.6 Å². The molecule has 7 heteroatoms. The van der Waals surface area contributed by atoms with Crippen molar-refractivity contribution in [3.05, 3.63) is 74.1 Å². The Morgan fingerprint density at radius 3 is 2.56 bits per heavy atom. The van der Waals surface area contributed by atoms with Gasteiger partial charge in [0.25, 0.3) is 5.56 Å². The number of nitrogens with zero attached hydrogens (tertiary/aromatic N) is 1.